The molecule has 12 heteroatoms. The van der Waals surface area contributed by atoms with Gasteiger partial charge in [-0.25, -0.2) is 23.1 Å². The highest BCUT2D eigenvalue weighted by atomic mass is 19.3. The highest BCUT2D eigenvalue weighted by Crippen LogP contribution is 2.30. The van der Waals surface area contributed by atoms with Crippen LogP contribution in [0.2, 0.25) is 0 Å². The Bertz CT molecular complexity index is 1340. The molecule has 176 valence electrons. The van der Waals surface area contributed by atoms with Crippen molar-refractivity contribution in [1.29, 1.82) is 0 Å². The largest absolute Gasteiger partial charge is 0.433 e. The van der Waals surface area contributed by atoms with Crippen LogP contribution >= 0.6 is 0 Å². The molecule has 0 aliphatic carbocycles. The van der Waals surface area contributed by atoms with E-state index in [1.807, 2.05) is 0 Å². The third-order valence-corrected chi connectivity index (χ3v) is 5.36. The molecule has 1 aliphatic heterocycles. The number of nitrogens with zero attached hydrogens (tertiary/aromatic N) is 7. The van der Waals surface area contributed by atoms with Gasteiger partial charge in [0.25, 0.3) is 0 Å². The van der Waals surface area contributed by atoms with E-state index in [2.05, 4.69) is 20.2 Å². The van der Waals surface area contributed by atoms with Gasteiger partial charge in [-0.15, -0.1) is 0 Å². The fraction of sp³-hybridized carbons (Fsp3) is 0.273. The Morgan fingerprint density at radius 3 is 2.62 bits per heavy atom. The summed E-state index contributed by atoms with van der Waals surface area (Å²) in [6, 6.07) is 8.54. The lowest BCUT2D eigenvalue weighted by Gasteiger charge is -2.27. The molecule has 34 heavy (non-hydrogen) atoms. The van der Waals surface area contributed by atoms with Gasteiger partial charge in [-0.1, -0.05) is 6.07 Å². The van der Waals surface area contributed by atoms with E-state index in [0.717, 1.165) is 18.6 Å². The van der Waals surface area contributed by atoms with Crippen LogP contribution in [-0.2, 0) is 13.0 Å². The number of aryl methyl sites for hydroxylation is 2. The number of halogens is 4. The average molecular weight is 473 g/mol. The summed E-state index contributed by atoms with van der Waals surface area (Å²) in [5, 5.41) is 8.67. The molecule has 5 rings (SSSR count). The zero-order chi connectivity index (χ0) is 23.8. The van der Waals surface area contributed by atoms with E-state index in [-0.39, 0.29) is 12.2 Å². The molecule has 0 amide bonds. The van der Waals surface area contributed by atoms with Gasteiger partial charge >= 0.3 is 6.61 Å². The van der Waals surface area contributed by atoms with Crippen molar-refractivity contribution in [3.63, 3.8) is 0 Å². The summed E-state index contributed by atoms with van der Waals surface area (Å²) in [6.07, 6.45) is 2.41. The first-order chi connectivity index (χ1) is 16.4. The van der Waals surface area contributed by atoms with Crippen LogP contribution in [0.4, 0.5) is 29.2 Å². The number of aromatic nitrogens is 6. The van der Waals surface area contributed by atoms with Crippen LogP contribution in [0, 0.1) is 18.6 Å². The molecule has 8 nitrogen and oxygen atoms in total. The summed E-state index contributed by atoms with van der Waals surface area (Å²) in [7, 11) is 0. The molecule has 4 aromatic rings. The van der Waals surface area contributed by atoms with Crippen molar-refractivity contribution in [3.8, 4) is 11.4 Å². The van der Waals surface area contributed by atoms with Gasteiger partial charge in [0.15, 0.2) is 23.2 Å². The van der Waals surface area contributed by atoms with Gasteiger partial charge in [0.2, 0.25) is 5.95 Å². The number of rotatable bonds is 6. The van der Waals surface area contributed by atoms with E-state index in [1.165, 1.54) is 23.1 Å². The number of ether oxygens (including phenoxy) is 1. The Balaban J connectivity index is 1.44. The van der Waals surface area contributed by atoms with Crippen molar-refractivity contribution in [3.05, 3.63) is 71.6 Å². The Labute approximate surface area is 191 Å². The van der Waals surface area contributed by atoms with E-state index in [0.29, 0.717) is 47.6 Å². The lowest BCUT2D eigenvalue weighted by atomic mass is 10.1. The first-order valence-electron chi connectivity index (χ1n) is 10.5. The second-order valence-corrected chi connectivity index (χ2v) is 7.75. The predicted molar refractivity (Wildman–Crippen MR) is 114 cm³/mol. The second kappa shape index (κ2) is 8.76. The highest BCUT2D eigenvalue weighted by molar-refractivity contribution is 5.58. The van der Waals surface area contributed by atoms with E-state index >= 15 is 0 Å². The summed E-state index contributed by atoms with van der Waals surface area (Å²) >= 11 is 0. The van der Waals surface area contributed by atoms with Crippen molar-refractivity contribution in [2.24, 2.45) is 0 Å². The fourth-order valence-corrected chi connectivity index (χ4v) is 3.87. The molecule has 0 bridgehead atoms. The molecule has 2 aromatic heterocycles. The number of benzene rings is 2. The lowest BCUT2D eigenvalue weighted by Crippen LogP contribution is -2.28. The molecular weight excluding hydrogens is 454 g/mol. The van der Waals surface area contributed by atoms with Gasteiger partial charge < -0.3 is 9.64 Å². The van der Waals surface area contributed by atoms with Gasteiger partial charge in [0.1, 0.15) is 17.8 Å². The van der Waals surface area contributed by atoms with Crippen LogP contribution in [0.15, 0.2) is 42.7 Å². The van der Waals surface area contributed by atoms with Crippen LogP contribution in [0.25, 0.3) is 5.69 Å². The molecule has 3 heterocycles. The molecule has 0 radical (unpaired) electrons. The van der Waals surface area contributed by atoms with E-state index in [4.69, 9.17) is 4.74 Å². The topological polar surface area (TPSA) is 73.9 Å². The maximum Gasteiger partial charge on any atom is 0.387 e. The van der Waals surface area contributed by atoms with Crippen molar-refractivity contribution >= 4 is 11.6 Å². The second-order valence-electron chi connectivity index (χ2n) is 7.75. The Morgan fingerprint density at radius 2 is 1.88 bits per heavy atom. The molecule has 0 fully saturated rings. The van der Waals surface area contributed by atoms with Crippen LogP contribution in [0.1, 0.15) is 23.6 Å². The molecule has 0 unspecified atom stereocenters. The summed E-state index contributed by atoms with van der Waals surface area (Å²) < 4.78 is 61.0. The van der Waals surface area contributed by atoms with Gasteiger partial charge in [0.05, 0.1) is 0 Å². The molecule has 1 aliphatic rings. The van der Waals surface area contributed by atoms with Gasteiger partial charge in [-0.3, -0.25) is 0 Å². The number of hydrogen-bond donors (Lipinski definition) is 0. The van der Waals surface area contributed by atoms with Gasteiger partial charge in [-0.05, 0) is 43.2 Å². The minimum absolute atomic E-state index is 0.0511. The Hall–Kier alpha value is -3.96. The fourth-order valence-electron chi connectivity index (χ4n) is 3.87. The monoisotopic (exact) mass is 473 g/mol. The zero-order valence-electron chi connectivity index (χ0n) is 18.0. The number of anilines is 2. The summed E-state index contributed by atoms with van der Waals surface area (Å²) in [5.41, 5.74) is 1.45. The first-order valence-corrected chi connectivity index (χ1v) is 10.5. The number of alkyl halides is 2. The summed E-state index contributed by atoms with van der Waals surface area (Å²) in [4.78, 5) is 10.4. The lowest BCUT2D eigenvalue weighted by molar-refractivity contribution is -0.0499. The SMILES string of the molecule is Cc1ncn(-c2ccc(Cc3nc4n(n3)CCCN4c3ccc(F)c(F)c3)cc2OC(F)F)n1. The molecule has 0 N–H and O–H groups in total. The molecule has 2 aromatic carbocycles. The molecule has 0 spiro atoms. The van der Waals surface area contributed by atoms with E-state index in [1.54, 1.807) is 28.6 Å². The van der Waals surface area contributed by atoms with Crippen molar-refractivity contribution in [2.75, 3.05) is 11.4 Å². The Kier molecular flexibility index (Phi) is 5.64. The quantitative estimate of drug-likeness (QED) is 0.391. The van der Waals surface area contributed by atoms with Crippen molar-refractivity contribution < 1.29 is 22.3 Å². The minimum Gasteiger partial charge on any atom is -0.433 e. The number of fused-ring (bicyclic) bond motifs is 1. The minimum atomic E-state index is -3.01. The maximum atomic E-state index is 13.8. The predicted octanol–water partition coefficient (Wildman–Crippen LogP) is 4.18. The van der Waals surface area contributed by atoms with Crippen LogP contribution in [0.3, 0.4) is 0 Å². The van der Waals surface area contributed by atoms with Crippen molar-refractivity contribution in [2.45, 2.75) is 32.9 Å². The maximum absolute atomic E-state index is 13.8. The van der Waals surface area contributed by atoms with Crippen LogP contribution < -0.4 is 9.64 Å². The Morgan fingerprint density at radius 1 is 1.03 bits per heavy atom. The smallest absolute Gasteiger partial charge is 0.387 e. The zero-order valence-corrected chi connectivity index (χ0v) is 18.0. The van der Waals surface area contributed by atoms with Crippen LogP contribution in [-0.4, -0.2) is 42.7 Å². The molecule has 0 saturated carbocycles. The van der Waals surface area contributed by atoms with Crippen molar-refractivity contribution in [1.82, 2.24) is 29.5 Å². The molecular formula is C22H19F4N7O. The molecule has 0 atom stereocenters. The normalized spacial score (nSPS) is 13.4. The standard InChI is InChI=1S/C22H19F4N7O/c1-13-27-12-33(29-13)18-6-3-14(9-19(18)34-21(25)26)10-20-28-22-31(7-2-8-32(22)30-20)15-4-5-16(23)17(24)11-15/h3-6,9,11-12,21H,2,7-8,10H2,1H3. The highest BCUT2D eigenvalue weighted by Gasteiger charge is 2.24. The first kappa shape index (κ1) is 21.9. The third-order valence-electron chi connectivity index (χ3n) is 5.36. The number of hydrogen-bond acceptors (Lipinski definition) is 6. The molecule has 0 saturated heterocycles. The summed E-state index contributed by atoms with van der Waals surface area (Å²) in [5.74, 6) is -0.462. The summed E-state index contributed by atoms with van der Waals surface area (Å²) in [6.45, 7) is -0.135. The van der Waals surface area contributed by atoms with E-state index < -0.39 is 18.2 Å². The van der Waals surface area contributed by atoms with Crippen LogP contribution in [0.5, 0.6) is 5.75 Å². The average Bonchev–Trinajstić information content (AvgIpc) is 3.41. The van der Waals surface area contributed by atoms with Gasteiger partial charge in [-0.2, -0.15) is 24.0 Å². The third kappa shape index (κ3) is 4.30. The van der Waals surface area contributed by atoms with Gasteiger partial charge in [0, 0.05) is 31.3 Å². The van der Waals surface area contributed by atoms with E-state index in [9.17, 15) is 17.6 Å².